The second-order valence-corrected chi connectivity index (χ2v) is 3.93. The lowest BCUT2D eigenvalue weighted by molar-refractivity contribution is 0.650. The van der Waals surface area contributed by atoms with Crippen LogP contribution in [0, 0.1) is 6.92 Å². The van der Waals surface area contributed by atoms with Crippen molar-refractivity contribution in [3.8, 4) is 0 Å². The van der Waals surface area contributed by atoms with Crippen LogP contribution in [0.1, 0.15) is 43.1 Å². The first kappa shape index (κ1) is 7.84. The molecule has 0 aromatic carbocycles. The van der Waals surface area contributed by atoms with E-state index in [0.717, 1.165) is 6.54 Å². The van der Waals surface area contributed by atoms with Crippen molar-refractivity contribution in [3.63, 3.8) is 0 Å². The third kappa shape index (κ3) is 0.977. The van der Waals surface area contributed by atoms with Gasteiger partial charge in [-0.15, -0.1) is 0 Å². The van der Waals surface area contributed by atoms with Crippen molar-refractivity contribution >= 4 is 0 Å². The summed E-state index contributed by atoms with van der Waals surface area (Å²) in [6.45, 7) is 7.76. The van der Waals surface area contributed by atoms with E-state index in [-0.39, 0.29) is 0 Å². The number of rotatable bonds is 1. The maximum atomic E-state index is 4.53. The van der Waals surface area contributed by atoms with Crippen LogP contribution in [0.5, 0.6) is 0 Å². The van der Waals surface area contributed by atoms with Crippen molar-refractivity contribution in [1.29, 1.82) is 0 Å². The highest BCUT2D eigenvalue weighted by atomic mass is 15.3. The predicted molar refractivity (Wildman–Crippen MR) is 49.4 cm³/mol. The lowest BCUT2D eigenvalue weighted by Gasteiger charge is -2.04. The van der Waals surface area contributed by atoms with Gasteiger partial charge >= 0.3 is 0 Å². The minimum absolute atomic E-state index is 0.631. The van der Waals surface area contributed by atoms with Crippen molar-refractivity contribution in [2.75, 3.05) is 0 Å². The van der Waals surface area contributed by atoms with Gasteiger partial charge in [-0.1, -0.05) is 13.8 Å². The summed E-state index contributed by atoms with van der Waals surface area (Å²) in [6.07, 6.45) is 2.51. The van der Waals surface area contributed by atoms with E-state index in [2.05, 4.69) is 30.6 Å². The topological polar surface area (TPSA) is 17.8 Å². The van der Waals surface area contributed by atoms with Crippen LogP contribution in [0.15, 0.2) is 0 Å². The number of hydrogen-bond donors (Lipinski definition) is 0. The Kier molecular flexibility index (Phi) is 1.71. The molecular formula is C10H16N2. The Morgan fingerprint density at radius 2 is 2.17 bits per heavy atom. The van der Waals surface area contributed by atoms with Gasteiger partial charge in [0.2, 0.25) is 0 Å². The number of hydrogen-bond acceptors (Lipinski definition) is 1. The van der Waals surface area contributed by atoms with Crippen LogP contribution in [0.3, 0.4) is 0 Å². The van der Waals surface area contributed by atoms with Gasteiger partial charge in [-0.2, -0.15) is 5.10 Å². The maximum Gasteiger partial charge on any atom is 0.0631 e. The molecule has 1 aromatic heterocycles. The van der Waals surface area contributed by atoms with Crippen molar-refractivity contribution < 1.29 is 0 Å². The predicted octanol–water partition coefficient (Wildman–Crippen LogP) is 2.26. The molecule has 2 heteroatoms. The fourth-order valence-corrected chi connectivity index (χ4v) is 2.24. The van der Waals surface area contributed by atoms with Crippen LogP contribution in [-0.4, -0.2) is 9.78 Å². The van der Waals surface area contributed by atoms with Gasteiger partial charge in [0, 0.05) is 12.2 Å². The Bertz CT molecular complexity index is 297. The van der Waals surface area contributed by atoms with Gasteiger partial charge in [-0.25, -0.2) is 0 Å². The van der Waals surface area contributed by atoms with E-state index in [9.17, 15) is 0 Å². The van der Waals surface area contributed by atoms with E-state index in [4.69, 9.17) is 0 Å². The van der Waals surface area contributed by atoms with Crippen LogP contribution >= 0.6 is 0 Å². The maximum absolute atomic E-state index is 4.53. The highest BCUT2D eigenvalue weighted by molar-refractivity contribution is 5.30. The summed E-state index contributed by atoms with van der Waals surface area (Å²) >= 11 is 0. The number of aryl methyl sites for hydroxylation is 2. The number of aromatic nitrogens is 2. The molecule has 0 atom stereocenters. The molecule has 12 heavy (non-hydrogen) atoms. The zero-order valence-electron chi connectivity index (χ0n) is 8.09. The molecule has 0 bridgehead atoms. The highest BCUT2D eigenvalue weighted by Crippen LogP contribution is 2.27. The summed E-state index contributed by atoms with van der Waals surface area (Å²) in [7, 11) is 0. The number of fused-ring (bicyclic) bond motifs is 1. The Morgan fingerprint density at radius 1 is 1.42 bits per heavy atom. The van der Waals surface area contributed by atoms with E-state index in [1.165, 1.54) is 29.8 Å². The van der Waals surface area contributed by atoms with Gasteiger partial charge in [-0.3, -0.25) is 4.68 Å². The molecule has 2 nitrogen and oxygen atoms in total. The largest absolute Gasteiger partial charge is 0.269 e. The molecule has 0 fully saturated rings. The summed E-state index contributed by atoms with van der Waals surface area (Å²) in [5.41, 5.74) is 4.22. The fourth-order valence-electron chi connectivity index (χ4n) is 2.24. The molecule has 2 heterocycles. The van der Waals surface area contributed by atoms with Crippen molar-refractivity contribution in [2.24, 2.45) is 0 Å². The first-order chi connectivity index (χ1) is 5.70. The minimum atomic E-state index is 0.631. The summed E-state index contributed by atoms with van der Waals surface area (Å²) in [5, 5.41) is 4.53. The molecule has 2 rings (SSSR count). The van der Waals surface area contributed by atoms with Crippen LogP contribution in [0.25, 0.3) is 0 Å². The van der Waals surface area contributed by atoms with Gasteiger partial charge in [0.25, 0.3) is 0 Å². The summed E-state index contributed by atoms with van der Waals surface area (Å²) in [5.74, 6) is 0.631. The van der Waals surface area contributed by atoms with Gasteiger partial charge in [-0.05, 0) is 31.2 Å². The van der Waals surface area contributed by atoms with E-state index >= 15 is 0 Å². The zero-order chi connectivity index (χ0) is 8.72. The van der Waals surface area contributed by atoms with E-state index < -0.39 is 0 Å². The molecule has 0 amide bonds. The molecule has 1 aromatic rings. The first-order valence-corrected chi connectivity index (χ1v) is 4.76. The van der Waals surface area contributed by atoms with E-state index in [0.29, 0.717) is 5.92 Å². The average Bonchev–Trinajstić information content (AvgIpc) is 2.44. The van der Waals surface area contributed by atoms with Gasteiger partial charge in [0.05, 0.1) is 5.69 Å². The SMILES string of the molecule is Cc1nn2c(c1C(C)C)CCC2. The first-order valence-electron chi connectivity index (χ1n) is 4.76. The molecule has 1 aliphatic rings. The minimum Gasteiger partial charge on any atom is -0.269 e. The van der Waals surface area contributed by atoms with E-state index in [1.54, 1.807) is 0 Å². The highest BCUT2D eigenvalue weighted by Gasteiger charge is 2.20. The van der Waals surface area contributed by atoms with Crippen molar-refractivity contribution in [3.05, 3.63) is 17.0 Å². The Labute approximate surface area is 73.6 Å². The standard InChI is InChI=1S/C10H16N2/c1-7(2)10-8(3)11-12-6-4-5-9(10)12/h7H,4-6H2,1-3H3. The summed E-state index contributed by atoms with van der Waals surface area (Å²) in [6, 6.07) is 0. The molecule has 66 valence electrons. The monoisotopic (exact) mass is 164 g/mol. The second kappa shape index (κ2) is 2.61. The smallest absolute Gasteiger partial charge is 0.0631 e. The van der Waals surface area contributed by atoms with Gasteiger partial charge in [0.15, 0.2) is 0 Å². The molecule has 0 saturated heterocycles. The third-order valence-corrected chi connectivity index (χ3v) is 2.64. The zero-order valence-corrected chi connectivity index (χ0v) is 8.09. The third-order valence-electron chi connectivity index (χ3n) is 2.64. The van der Waals surface area contributed by atoms with Crippen LogP contribution in [0.2, 0.25) is 0 Å². The van der Waals surface area contributed by atoms with Gasteiger partial charge in [0.1, 0.15) is 0 Å². The average molecular weight is 164 g/mol. The second-order valence-electron chi connectivity index (χ2n) is 3.93. The number of nitrogens with zero attached hydrogens (tertiary/aromatic N) is 2. The molecule has 0 N–H and O–H groups in total. The molecule has 1 aliphatic heterocycles. The molecule has 0 unspecified atom stereocenters. The quantitative estimate of drug-likeness (QED) is 0.622. The van der Waals surface area contributed by atoms with Crippen molar-refractivity contribution in [1.82, 2.24) is 9.78 Å². The van der Waals surface area contributed by atoms with Crippen LogP contribution in [0.4, 0.5) is 0 Å². The molecular weight excluding hydrogens is 148 g/mol. The summed E-state index contributed by atoms with van der Waals surface area (Å²) in [4.78, 5) is 0. The summed E-state index contributed by atoms with van der Waals surface area (Å²) < 4.78 is 2.19. The lowest BCUT2D eigenvalue weighted by Crippen LogP contribution is -1.95. The molecule has 0 radical (unpaired) electrons. The Hall–Kier alpha value is -0.790. The van der Waals surface area contributed by atoms with E-state index in [1.807, 2.05) is 0 Å². The fraction of sp³-hybridized carbons (Fsp3) is 0.700. The Morgan fingerprint density at radius 3 is 2.83 bits per heavy atom. The molecule has 0 spiro atoms. The molecule has 0 aliphatic carbocycles. The van der Waals surface area contributed by atoms with Crippen LogP contribution in [-0.2, 0) is 13.0 Å². The normalized spacial score (nSPS) is 15.7. The lowest BCUT2D eigenvalue weighted by atomic mass is 10.00. The van der Waals surface area contributed by atoms with Crippen molar-refractivity contribution in [2.45, 2.75) is 46.1 Å². The Balaban J connectivity index is 2.52. The van der Waals surface area contributed by atoms with Gasteiger partial charge < -0.3 is 0 Å². The molecule has 0 saturated carbocycles. The van der Waals surface area contributed by atoms with Crippen LogP contribution < -0.4 is 0 Å².